The van der Waals surface area contributed by atoms with Crippen LogP contribution in [0.1, 0.15) is 34.8 Å². The average Bonchev–Trinajstić information content (AvgIpc) is 2.88. The number of halogens is 1. The predicted molar refractivity (Wildman–Crippen MR) is 57.5 cm³/mol. The van der Waals surface area contributed by atoms with Gasteiger partial charge < -0.3 is 0 Å². The van der Waals surface area contributed by atoms with Crippen molar-refractivity contribution in [3.05, 3.63) is 34.6 Å². The summed E-state index contributed by atoms with van der Waals surface area (Å²) in [5.74, 6) is 0.631. The van der Waals surface area contributed by atoms with E-state index in [4.69, 9.17) is 0 Å². The Balaban J connectivity index is 2.36. The first-order chi connectivity index (χ1) is 7.00. The van der Waals surface area contributed by atoms with Gasteiger partial charge in [0.15, 0.2) is 5.78 Å². The van der Waals surface area contributed by atoms with Crippen molar-refractivity contribution in [1.29, 1.82) is 0 Å². The molecule has 1 aliphatic carbocycles. The van der Waals surface area contributed by atoms with Crippen LogP contribution in [0.25, 0.3) is 0 Å². The molecule has 1 aromatic rings. The molecule has 1 aliphatic rings. The molecule has 1 nitrogen and oxygen atoms in total. The van der Waals surface area contributed by atoms with Crippen molar-refractivity contribution in [2.24, 2.45) is 11.8 Å². The topological polar surface area (TPSA) is 17.1 Å². The van der Waals surface area contributed by atoms with Crippen molar-refractivity contribution in [2.45, 2.75) is 27.2 Å². The molecule has 2 rings (SSSR count). The molecule has 0 radical (unpaired) electrons. The predicted octanol–water partition coefficient (Wildman–Crippen LogP) is 3.28. The first-order valence-corrected chi connectivity index (χ1v) is 5.31. The summed E-state index contributed by atoms with van der Waals surface area (Å²) in [5.41, 5.74) is 2.00. The molecule has 2 unspecified atom stereocenters. The zero-order chi connectivity index (χ0) is 11.2. The lowest BCUT2D eigenvalue weighted by Gasteiger charge is -2.06. The van der Waals surface area contributed by atoms with Gasteiger partial charge in [0.05, 0.1) is 0 Å². The van der Waals surface area contributed by atoms with E-state index in [1.54, 1.807) is 19.9 Å². The Morgan fingerprint density at radius 2 is 1.93 bits per heavy atom. The largest absolute Gasteiger partial charge is 0.294 e. The van der Waals surface area contributed by atoms with E-state index in [0.29, 0.717) is 17.0 Å². The zero-order valence-electron chi connectivity index (χ0n) is 9.30. The summed E-state index contributed by atoms with van der Waals surface area (Å²) >= 11 is 0. The normalized spacial score (nSPS) is 24.0. The maximum atomic E-state index is 13.2. The average molecular weight is 206 g/mol. The number of ketones is 1. The van der Waals surface area contributed by atoms with Crippen molar-refractivity contribution in [3.8, 4) is 0 Å². The van der Waals surface area contributed by atoms with E-state index in [-0.39, 0.29) is 17.5 Å². The Hall–Kier alpha value is -1.18. The van der Waals surface area contributed by atoms with E-state index in [0.717, 1.165) is 12.0 Å². The van der Waals surface area contributed by atoms with E-state index >= 15 is 0 Å². The first kappa shape index (κ1) is 10.3. The number of hydrogen-bond donors (Lipinski definition) is 0. The van der Waals surface area contributed by atoms with Gasteiger partial charge >= 0.3 is 0 Å². The first-order valence-electron chi connectivity index (χ1n) is 5.31. The number of aryl methyl sites for hydroxylation is 2. The second-order valence-corrected chi connectivity index (χ2v) is 4.60. The van der Waals surface area contributed by atoms with Gasteiger partial charge in [0.2, 0.25) is 0 Å². The fraction of sp³-hybridized carbons (Fsp3) is 0.462. The van der Waals surface area contributed by atoms with Crippen LogP contribution in [-0.2, 0) is 0 Å². The number of carbonyl (C=O) groups excluding carboxylic acids is 1. The van der Waals surface area contributed by atoms with Gasteiger partial charge in [-0.2, -0.15) is 0 Å². The maximum Gasteiger partial charge on any atom is 0.166 e. The van der Waals surface area contributed by atoms with Crippen molar-refractivity contribution < 1.29 is 9.18 Å². The number of rotatable bonds is 2. The monoisotopic (exact) mass is 206 g/mol. The molecule has 0 N–H and O–H groups in total. The fourth-order valence-electron chi connectivity index (χ4n) is 1.93. The summed E-state index contributed by atoms with van der Waals surface area (Å²) in [6, 6.07) is 3.13. The van der Waals surface area contributed by atoms with Gasteiger partial charge in [-0.25, -0.2) is 4.39 Å². The molecule has 1 saturated carbocycles. The lowest BCUT2D eigenvalue weighted by Crippen LogP contribution is -2.06. The van der Waals surface area contributed by atoms with Crippen molar-refractivity contribution in [2.75, 3.05) is 0 Å². The minimum atomic E-state index is -0.229. The van der Waals surface area contributed by atoms with Crippen LogP contribution in [-0.4, -0.2) is 5.78 Å². The molecule has 0 bridgehead atoms. The minimum Gasteiger partial charge on any atom is -0.294 e. The highest BCUT2D eigenvalue weighted by molar-refractivity contribution is 6.00. The Morgan fingerprint density at radius 3 is 2.47 bits per heavy atom. The van der Waals surface area contributed by atoms with Crippen molar-refractivity contribution in [1.82, 2.24) is 0 Å². The summed E-state index contributed by atoms with van der Waals surface area (Å²) in [5, 5.41) is 0. The van der Waals surface area contributed by atoms with Gasteiger partial charge in [-0.1, -0.05) is 6.92 Å². The van der Waals surface area contributed by atoms with Crippen molar-refractivity contribution >= 4 is 5.78 Å². The highest BCUT2D eigenvalue weighted by Crippen LogP contribution is 2.40. The van der Waals surface area contributed by atoms with Crippen LogP contribution in [0.15, 0.2) is 12.1 Å². The van der Waals surface area contributed by atoms with Gasteiger partial charge in [-0.05, 0) is 49.4 Å². The van der Waals surface area contributed by atoms with Gasteiger partial charge in [0.25, 0.3) is 0 Å². The molecule has 0 aliphatic heterocycles. The molecule has 1 fully saturated rings. The minimum absolute atomic E-state index is 0.175. The molecule has 15 heavy (non-hydrogen) atoms. The molecule has 80 valence electrons. The summed E-state index contributed by atoms with van der Waals surface area (Å²) in [4.78, 5) is 12.0. The molecule has 1 aromatic carbocycles. The van der Waals surface area contributed by atoms with Crippen LogP contribution in [0.2, 0.25) is 0 Å². The quantitative estimate of drug-likeness (QED) is 0.679. The molecule has 0 saturated heterocycles. The second kappa shape index (κ2) is 3.44. The third-order valence-electron chi connectivity index (χ3n) is 3.22. The summed E-state index contributed by atoms with van der Waals surface area (Å²) in [6.45, 7) is 5.57. The van der Waals surface area contributed by atoms with Crippen LogP contribution >= 0.6 is 0 Å². The van der Waals surface area contributed by atoms with Gasteiger partial charge in [0, 0.05) is 11.5 Å². The maximum absolute atomic E-state index is 13.2. The smallest absolute Gasteiger partial charge is 0.166 e. The number of benzene rings is 1. The summed E-state index contributed by atoms with van der Waals surface area (Å²) in [6.07, 6.45) is 0.981. The van der Waals surface area contributed by atoms with Gasteiger partial charge in [-0.15, -0.1) is 0 Å². The van der Waals surface area contributed by atoms with Gasteiger partial charge in [-0.3, -0.25) is 4.79 Å². The van der Waals surface area contributed by atoms with E-state index < -0.39 is 0 Å². The number of carbonyl (C=O) groups is 1. The SMILES string of the molecule is Cc1cc(C(=O)C2CC2C)c(C)cc1F. The molecule has 0 aromatic heterocycles. The van der Waals surface area contributed by atoms with Crippen LogP contribution in [0.3, 0.4) is 0 Å². The zero-order valence-corrected chi connectivity index (χ0v) is 9.30. The van der Waals surface area contributed by atoms with Gasteiger partial charge in [0.1, 0.15) is 5.82 Å². The molecule has 0 heterocycles. The van der Waals surface area contributed by atoms with Crippen molar-refractivity contribution in [3.63, 3.8) is 0 Å². The molecule has 0 amide bonds. The van der Waals surface area contributed by atoms with E-state index in [1.807, 2.05) is 0 Å². The Labute approximate surface area is 89.3 Å². The van der Waals surface area contributed by atoms with E-state index in [2.05, 4.69) is 6.92 Å². The Morgan fingerprint density at radius 1 is 1.33 bits per heavy atom. The third-order valence-corrected chi connectivity index (χ3v) is 3.22. The molecular weight excluding hydrogens is 191 g/mol. The molecule has 2 heteroatoms. The molecular formula is C13H15FO. The summed E-state index contributed by atoms with van der Waals surface area (Å²) < 4.78 is 13.2. The molecule has 2 atom stereocenters. The lowest BCUT2D eigenvalue weighted by molar-refractivity contribution is 0.0961. The van der Waals surface area contributed by atoms with E-state index in [9.17, 15) is 9.18 Å². The van der Waals surface area contributed by atoms with Crippen LogP contribution in [0, 0.1) is 31.5 Å². The highest BCUT2D eigenvalue weighted by Gasteiger charge is 2.39. The van der Waals surface area contributed by atoms with Crippen LogP contribution < -0.4 is 0 Å². The van der Waals surface area contributed by atoms with Crippen LogP contribution in [0.4, 0.5) is 4.39 Å². The Bertz CT molecular complexity index is 423. The lowest BCUT2D eigenvalue weighted by atomic mass is 9.98. The van der Waals surface area contributed by atoms with Crippen LogP contribution in [0.5, 0.6) is 0 Å². The number of hydrogen-bond acceptors (Lipinski definition) is 1. The molecule has 0 spiro atoms. The van der Waals surface area contributed by atoms with E-state index in [1.165, 1.54) is 6.07 Å². The second-order valence-electron chi connectivity index (χ2n) is 4.60. The third kappa shape index (κ3) is 1.81. The fourth-order valence-corrected chi connectivity index (χ4v) is 1.93. The Kier molecular flexibility index (Phi) is 2.37. The standard InChI is InChI=1S/C13H15FO/c1-7-4-10(7)13(15)11-5-9(3)12(14)6-8(11)2/h5-7,10H,4H2,1-3H3. The number of Topliss-reactive ketones (excluding diaryl/α,β-unsaturated/α-hetero) is 1. The summed E-state index contributed by atoms with van der Waals surface area (Å²) in [7, 11) is 0. The highest BCUT2D eigenvalue weighted by atomic mass is 19.1.